The Hall–Kier alpha value is -1.25. The molecule has 0 radical (unpaired) electrons. The van der Waals surface area contributed by atoms with E-state index in [1.807, 2.05) is 20.8 Å². The van der Waals surface area contributed by atoms with Crippen LogP contribution in [0.1, 0.15) is 34.1 Å². The summed E-state index contributed by atoms with van der Waals surface area (Å²) in [6, 6.07) is 0. The van der Waals surface area contributed by atoms with Gasteiger partial charge in [0.1, 0.15) is 12.8 Å². The highest BCUT2D eigenvalue weighted by atomic mass is 19.1. The highest BCUT2D eigenvalue weighted by Gasteiger charge is 2.13. The Bertz CT molecular complexity index is 369. The van der Waals surface area contributed by atoms with E-state index in [9.17, 15) is 14.0 Å². The fourth-order valence-corrected chi connectivity index (χ4v) is 1.62. The molecule has 0 saturated heterocycles. The van der Waals surface area contributed by atoms with Crippen molar-refractivity contribution in [1.82, 2.24) is 10.6 Å². The predicted octanol–water partition coefficient (Wildman–Crippen LogP) is 1.06. The zero-order chi connectivity index (χ0) is 19.1. The molecule has 25 heavy (non-hydrogen) atoms. The molecule has 0 aromatic heterocycles. The molecular weight excluding hydrogens is 331 g/mol. The maximum absolute atomic E-state index is 13.5. The predicted molar refractivity (Wildman–Crippen MR) is 93.1 cm³/mol. The van der Waals surface area contributed by atoms with Crippen LogP contribution < -0.4 is 10.6 Å². The minimum Gasteiger partial charge on any atom is -0.377 e. The zero-order valence-corrected chi connectivity index (χ0v) is 15.8. The first-order valence-corrected chi connectivity index (χ1v) is 8.82. The SMILES string of the molecule is CCC(C)C(=O)NCC(F)COCCOCCNC(=O)COC(C)C. The molecule has 0 rings (SSSR count). The molecule has 0 aliphatic rings. The van der Waals surface area contributed by atoms with Gasteiger partial charge in [0.25, 0.3) is 0 Å². The Labute approximate surface area is 150 Å². The molecular formula is C17H33FN2O5. The van der Waals surface area contributed by atoms with E-state index in [1.54, 1.807) is 6.92 Å². The average molecular weight is 364 g/mol. The van der Waals surface area contributed by atoms with Crippen molar-refractivity contribution in [3.8, 4) is 0 Å². The van der Waals surface area contributed by atoms with Gasteiger partial charge in [-0.3, -0.25) is 9.59 Å². The monoisotopic (exact) mass is 364 g/mol. The van der Waals surface area contributed by atoms with Gasteiger partial charge in [-0.25, -0.2) is 4.39 Å². The summed E-state index contributed by atoms with van der Waals surface area (Å²) in [6.45, 7) is 8.62. The van der Waals surface area contributed by atoms with Crippen LogP contribution >= 0.6 is 0 Å². The summed E-state index contributed by atoms with van der Waals surface area (Å²) in [4.78, 5) is 22.8. The molecule has 0 spiro atoms. The van der Waals surface area contributed by atoms with Crippen molar-refractivity contribution in [3.05, 3.63) is 0 Å². The van der Waals surface area contributed by atoms with E-state index in [2.05, 4.69) is 10.6 Å². The lowest BCUT2D eigenvalue weighted by atomic mass is 10.1. The van der Waals surface area contributed by atoms with E-state index in [1.165, 1.54) is 0 Å². The summed E-state index contributed by atoms with van der Waals surface area (Å²) < 4.78 is 29.1. The second-order valence-corrected chi connectivity index (χ2v) is 6.05. The van der Waals surface area contributed by atoms with Crippen molar-refractivity contribution < 1.29 is 28.2 Å². The number of alkyl halides is 1. The first kappa shape index (κ1) is 23.8. The largest absolute Gasteiger partial charge is 0.377 e. The van der Waals surface area contributed by atoms with Crippen molar-refractivity contribution in [2.75, 3.05) is 46.1 Å². The Kier molecular flexibility index (Phi) is 14.3. The van der Waals surface area contributed by atoms with Gasteiger partial charge in [-0.1, -0.05) is 13.8 Å². The number of ether oxygens (including phenoxy) is 3. The Morgan fingerprint density at radius 3 is 2.36 bits per heavy atom. The first-order chi connectivity index (χ1) is 11.9. The summed E-state index contributed by atoms with van der Waals surface area (Å²) >= 11 is 0. The maximum atomic E-state index is 13.5. The molecule has 0 aromatic rings. The minimum atomic E-state index is -1.24. The third kappa shape index (κ3) is 14.8. The van der Waals surface area contributed by atoms with Gasteiger partial charge >= 0.3 is 0 Å². The first-order valence-electron chi connectivity index (χ1n) is 8.82. The van der Waals surface area contributed by atoms with Crippen molar-refractivity contribution in [1.29, 1.82) is 0 Å². The molecule has 0 aromatic carbocycles. The van der Waals surface area contributed by atoms with Gasteiger partial charge < -0.3 is 24.8 Å². The van der Waals surface area contributed by atoms with E-state index in [0.717, 1.165) is 6.42 Å². The van der Waals surface area contributed by atoms with Crippen LogP contribution in [0.5, 0.6) is 0 Å². The van der Waals surface area contributed by atoms with Crippen molar-refractivity contribution in [2.24, 2.45) is 5.92 Å². The van der Waals surface area contributed by atoms with E-state index < -0.39 is 6.17 Å². The van der Waals surface area contributed by atoms with Gasteiger partial charge in [0.15, 0.2) is 0 Å². The van der Waals surface area contributed by atoms with Gasteiger partial charge in [-0.2, -0.15) is 0 Å². The van der Waals surface area contributed by atoms with Crippen LogP contribution in [0, 0.1) is 5.92 Å². The van der Waals surface area contributed by atoms with Crippen molar-refractivity contribution in [3.63, 3.8) is 0 Å². The van der Waals surface area contributed by atoms with Gasteiger partial charge in [-0.15, -0.1) is 0 Å². The van der Waals surface area contributed by atoms with E-state index in [0.29, 0.717) is 19.8 Å². The number of nitrogens with one attached hydrogen (secondary N) is 2. The number of rotatable bonds is 15. The number of amides is 2. The molecule has 2 unspecified atom stereocenters. The molecule has 7 nitrogen and oxygen atoms in total. The number of hydrogen-bond donors (Lipinski definition) is 2. The molecule has 8 heteroatoms. The average Bonchev–Trinajstić information content (AvgIpc) is 2.59. The molecule has 0 aliphatic carbocycles. The molecule has 0 fully saturated rings. The summed E-state index contributed by atoms with van der Waals surface area (Å²) in [6.07, 6.45) is -0.503. The molecule has 2 N–H and O–H groups in total. The highest BCUT2D eigenvalue weighted by molar-refractivity contribution is 5.78. The Balaban J connectivity index is 3.43. The van der Waals surface area contributed by atoms with Crippen LogP contribution in [-0.4, -0.2) is 70.2 Å². The van der Waals surface area contributed by atoms with Crippen LogP contribution in [0.25, 0.3) is 0 Å². The number of carbonyl (C=O) groups excluding carboxylic acids is 2. The normalized spacial score (nSPS) is 13.5. The molecule has 0 aliphatic heterocycles. The van der Waals surface area contributed by atoms with Gasteiger partial charge in [-0.05, 0) is 20.3 Å². The Morgan fingerprint density at radius 2 is 1.72 bits per heavy atom. The third-order valence-corrected chi connectivity index (χ3v) is 3.34. The molecule has 0 heterocycles. The van der Waals surface area contributed by atoms with Gasteiger partial charge in [0.2, 0.25) is 11.8 Å². The van der Waals surface area contributed by atoms with Crippen LogP contribution in [0.15, 0.2) is 0 Å². The summed E-state index contributed by atoms with van der Waals surface area (Å²) in [5.74, 6) is -0.443. The second kappa shape index (κ2) is 15.0. The molecule has 2 amide bonds. The van der Waals surface area contributed by atoms with E-state index in [4.69, 9.17) is 14.2 Å². The van der Waals surface area contributed by atoms with E-state index in [-0.39, 0.29) is 50.2 Å². The second-order valence-electron chi connectivity index (χ2n) is 6.05. The quantitative estimate of drug-likeness (QED) is 0.425. The van der Waals surface area contributed by atoms with E-state index >= 15 is 0 Å². The smallest absolute Gasteiger partial charge is 0.246 e. The van der Waals surface area contributed by atoms with Crippen LogP contribution in [0.2, 0.25) is 0 Å². The van der Waals surface area contributed by atoms with Crippen molar-refractivity contribution >= 4 is 11.8 Å². The maximum Gasteiger partial charge on any atom is 0.246 e. The lowest BCUT2D eigenvalue weighted by molar-refractivity contribution is -0.127. The van der Waals surface area contributed by atoms with Crippen LogP contribution in [0.4, 0.5) is 4.39 Å². The van der Waals surface area contributed by atoms with Gasteiger partial charge in [0.05, 0.1) is 39.1 Å². The standard InChI is InChI=1S/C17H33FN2O5/c1-5-14(4)17(22)20-10-15(18)11-24-9-8-23-7-6-19-16(21)12-25-13(2)3/h13-15H,5-12H2,1-4H3,(H,19,21)(H,20,22). The molecule has 0 bridgehead atoms. The molecule has 148 valence electrons. The van der Waals surface area contributed by atoms with Crippen LogP contribution in [-0.2, 0) is 23.8 Å². The number of hydrogen-bond acceptors (Lipinski definition) is 5. The summed E-state index contributed by atoms with van der Waals surface area (Å²) in [5.41, 5.74) is 0. The fourth-order valence-electron chi connectivity index (χ4n) is 1.62. The highest BCUT2D eigenvalue weighted by Crippen LogP contribution is 2.00. The lowest BCUT2D eigenvalue weighted by Crippen LogP contribution is -2.35. The lowest BCUT2D eigenvalue weighted by Gasteiger charge is -2.13. The van der Waals surface area contributed by atoms with Crippen molar-refractivity contribution in [2.45, 2.75) is 46.4 Å². The zero-order valence-electron chi connectivity index (χ0n) is 15.8. The van der Waals surface area contributed by atoms with Gasteiger partial charge in [0, 0.05) is 12.5 Å². The summed E-state index contributed by atoms with van der Waals surface area (Å²) in [7, 11) is 0. The topological polar surface area (TPSA) is 85.9 Å². The number of halogens is 1. The molecule has 0 saturated carbocycles. The molecule has 2 atom stereocenters. The number of carbonyl (C=O) groups is 2. The van der Waals surface area contributed by atoms with Crippen LogP contribution in [0.3, 0.4) is 0 Å². The summed E-state index contributed by atoms with van der Waals surface area (Å²) in [5, 5.41) is 5.21. The minimum absolute atomic E-state index is 0.0156. The fraction of sp³-hybridized carbons (Fsp3) is 0.882. The third-order valence-electron chi connectivity index (χ3n) is 3.34. The Morgan fingerprint density at radius 1 is 1.04 bits per heavy atom.